The smallest absolute Gasteiger partial charge is 0.152 e. The molecule has 82 valence electrons. The van der Waals surface area contributed by atoms with E-state index in [-0.39, 0.29) is 21.8 Å². The van der Waals surface area contributed by atoms with E-state index in [1.807, 2.05) is 0 Å². The molecule has 0 aliphatic heterocycles. The Bertz CT molecular complexity index is 354. The fraction of sp³-hybridized carbons (Fsp3) is 0.455. The van der Waals surface area contributed by atoms with Gasteiger partial charge in [-0.2, -0.15) is 0 Å². The van der Waals surface area contributed by atoms with Crippen molar-refractivity contribution in [3.63, 3.8) is 0 Å². The molecule has 0 spiro atoms. The Kier molecular flexibility index (Phi) is 3.10. The van der Waals surface area contributed by atoms with Crippen LogP contribution in [0.4, 0.5) is 0 Å². The summed E-state index contributed by atoms with van der Waals surface area (Å²) in [6, 6.07) is 3.38. The molecule has 1 fully saturated rings. The standard InChI is InChI=1S/C11H13Cl2NO/c12-8-4-7(5-9(13)11(8)15)10(14)6-2-1-3-6/h4-6,10,15H,1-3,14H2/t10-/m1/s1. The fourth-order valence-corrected chi connectivity index (χ4v) is 2.35. The topological polar surface area (TPSA) is 46.2 Å². The van der Waals surface area contributed by atoms with Crippen LogP contribution in [0.5, 0.6) is 5.75 Å². The molecule has 0 amide bonds. The zero-order chi connectivity index (χ0) is 11.0. The van der Waals surface area contributed by atoms with E-state index in [0.717, 1.165) is 18.4 Å². The maximum atomic E-state index is 9.42. The first-order chi connectivity index (χ1) is 7.09. The van der Waals surface area contributed by atoms with Crippen molar-refractivity contribution in [2.75, 3.05) is 0 Å². The average Bonchev–Trinajstić information content (AvgIpc) is 2.10. The molecule has 3 N–H and O–H groups in total. The third kappa shape index (κ3) is 2.07. The average molecular weight is 246 g/mol. The van der Waals surface area contributed by atoms with Crippen LogP contribution in [-0.2, 0) is 0 Å². The maximum absolute atomic E-state index is 9.42. The Morgan fingerprint density at radius 2 is 1.80 bits per heavy atom. The van der Waals surface area contributed by atoms with Crippen LogP contribution >= 0.6 is 23.2 Å². The molecule has 0 unspecified atom stereocenters. The van der Waals surface area contributed by atoms with Gasteiger partial charge in [0, 0.05) is 6.04 Å². The maximum Gasteiger partial charge on any atom is 0.152 e. The Hall–Kier alpha value is -0.440. The summed E-state index contributed by atoms with van der Waals surface area (Å²) < 4.78 is 0. The summed E-state index contributed by atoms with van der Waals surface area (Å²) in [7, 11) is 0. The number of halogens is 2. The van der Waals surface area contributed by atoms with Gasteiger partial charge in [0.25, 0.3) is 0 Å². The van der Waals surface area contributed by atoms with E-state index in [2.05, 4.69) is 0 Å². The SMILES string of the molecule is N[C@@H](c1cc(Cl)c(O)c(Cl)c1)C1CCC1. The van der Waals surface area contributed by atoms with Gasteiger partial charge in [0.15, 0.2) is 5.75 Å². The van der Waals surface area contributed by atoms with Crippen LogP contribution in [0.2, 0.25) is 10.0 Å². The third-order valence-corrected chi connectivity index (χ3v) is 3.66. The van der Waals surface area contributed by atoms with Crippen molar-refractivity contribution in [1.82, 2.24) is 0 Å². The van der Waals surface area contributed by atoms with E-state index in [1.165, 1.54) is 6.42 Å². The van der Waals surface area contributed by atoms with E-state index in [9.17, 15) is 5.11 Å². The van der Waals surface area contributed by atoms with Crippen LogP contribution in [0.3, 0.4) is 0 Å². The Morgan fingerprint density at radius 3 is 2.20 bits per heavy atom. The molecule has 2 nitrogen and oxygen atoms in total. The predicted octanol–water partition coefficient (Wildman–Crippen LogP) is 3.50. The van der Waals surface area contributed by atoms with Crippen molar-refractivity contribution >= 4 is 23.2 Å². The van der Waals surface area contributed by atoms with Crippen LogP contribution in [-0.4, -0.2) is 5.11 Å². The number of hydrogen-bond acceptors (Lipinski definition) is 2. The fourth-order valence-electron chi connectivity index (χ4n) is 1.85. The Balaban J connectivity index is 2.27. The number of phenolic OH excluding ortho intramolecular Hbond substituents is 1. The van der Waals surface area contributed by atoms with Crippen molar-refractivity contribution in [3.05, 3.63) is 27.7 Å². The second kappa shape index (κ2) is 4.20. The number of phenols is 1. The summed E-state index contributed by atoms with van der Waals surface area (Å²) >= 11 is 11.7. The number of aromatic hydroxyl groups is 1. The van der Waals surface area contributed by atoms with Crippen molar-refractivity contribution in [1.29, 1.82) is 0 Å². The highest BCUT2D eigenvalue weighted by Crippen LogP contribution is 2.40. The van der Waals surface area contributed by atoms with Crippen LogP contribution in [0.25, 0.3) is 0 Å². The first kappa shape index (κ1) is 11.1. The second-order valence-corrected chi connectivity index (χ2v) is 4.86. The van der Waals surface area contributed by atoms with E-state index < -0.39 is 0 Å². The zero-order valence-corrected chi connectivity index (χ0v) is 9.72. The highest BCUT2D eigenvalue weighted by Gasteiger charge is 2.26. The van der Waals surface area contributed by atoms with Gasteiger partial charge in [-0.15, -0.1) is 0 Å². The summed E-state index contributed by atoms with van der Waals surface area (Å²) in [6.45, 7) is 0. The normalized spacial score (nSPS) is 18.6. The Labute approximate surface area is 99.0 Å². The van der Waals surface area contributed by atoms with E-state index >= 15 is 0 Å². The van der Waals surface area contributed by atoms with E-state index in [4.69, 9.17) is 28.9 Å². The van der Waals surface area contributed by atoms with Crippen molar-refractivity contribution < 1.29 is 5.11 Å². The summed E-state index contributed by atoms with van der Waals surface area (Å²) in [5.74, 6) is 0.463. The summed E-state index contributed by atoms with van der Waals surface area (Å²) in [5.41, 5.74) is 7.00. The zero-order valence-electron chi connectivity index (χ0n) is 8.21. The van der Waals surface area contributed by atoms with Gasteiger partial charge < -0.3 is 10.8 Å². The molecular weight excluding hydrogens is 233 g/mol. The largest absolute Gasteiger partial charge is 0.505 e. The second-order valence-electron chi connectivity index (χ2n) is 4.05. The van der Waals surface area contributed by atoms with Crippen molar-refractivity contribution in [2.45, 2.75) is 25.3 Å². The molecule has 0 bridgehead atoms. The van der Waals surface area contributed by atoms with E-state index in [1.54, 1.807) is 12.1 Å². The summed E-state index contributed by atoms with van der Waals surface area (Å²) in [4.78, 5) is 0. The molecular formula is C11H13Cl2NO. The number of benzene rings is 1. The molecule has 1 saturated carbocycles. The lowest BCUT2D eigenvalue weighted by Gasteiger charge is -2.31. The van der Waals surface area contributed by atoms with Crippen LogP contribution < -0.4 is 5.73 Å². The minimum absolute atomic E-state index is 0.0191. The number of hydrogen-bond donors (Lipinski definition) is 2. The first-order valence-electron chi connectivity index (χ1n) is 5.03. The van der Waals surface area contributed by atoms with Gasteiger partial charge in [-0.3, -0.25) is 0 Å². The Morgan fingerprint density at radius 1 is 1.27 bits per heavy atom. The molecule has 1 atom stereocenters. The lowest BCUT2D eigenvalue weighted by molar-refractivity contribution is 0.264. The lowest BCUT2D eigenvalue weighted by atomic mass is 9.77. The highest BCUT2D eigenvalue weighted by molar-refractivity contribution is 6.37. The molecule has 4 heteroatoms. The van der Waals surface area contributed by atoms with Crippen molar-refractivity contribution in [3.8, 4) is 5.75 Å². The van der Waals surface area contributed by atoms with Gasteiger partial charge in [-0.1, -0.05) is 29.6 Å². The summed E-state index contributed by atoms with van der Waals surface area (Å²) in [5, 5.41) is 9.96. The first-order valence-corrected chi connectivity index (χ1v) is 5.78. The quantitative estimate of drug-likeness (QED) is 0.838. The van der Waals surface area contributed by atoms with Crippen molar-refractivity contribution in [2.24, 2.45) is 11.7 Å². The lowest BCUT2D eigenvalue weighted by Crippen LogP contribution is -2.26. The molecule has 0 aromatic heterocycles. The molecule has 0 radical (unpaired) electrons. The predicted molar refractivity (Wildman–Crippen MR) is 62.4 cm³/mol. The van der Waals surface area contributed by atoms with E-state index in [0.29, 0.717) is 5.92 Å². The number of nitrogens with two attached hydrogens (primary N) is 1. The van der Waals surface area contributed by atoms with Gasteiger partial charge in [0.1, 0.15) is 0 Å². The minimum Gasteiger partial charge on any atom is -0.505 e. The van der Waals surface area contributed by atoms with Crippen LogP contribution in [0.15, 0.2) is 12.1 Å². The molecule has 1 aliphatic carbocycles. The van der Waals surface area contributed by atoms with Gasteiger partial charge in [-0.05, 0) is 36.5 Å². The highest BCUT2D eigenvalue weighted by atomic mass is 35.5. The molecule has 15 heavy (non-hydrogen) atoms. The van der Waals surface area contributed by atoms with Crippen LogP contribution in [0, 0.1) is 5.92 Å². The molecule has 0 heterocycles. The van der Waals surface area contributed by atoms with Gasteiger partial charge in [-0.25, -0.2) is 0 Å². The van der Waals surface area contributed by atoms with Gasteiger partial charge >= 0.3 is 0 Å². The van der Waals surface area contributed by atoms with Crippen LogP contribution in [0.1, 0.15) is 30.9 Å². The monoisotopic (exact) mass is 245 g/mol. The minimum atomic E-state index is -0.0668. The molecule has 1 aromatic carbocycles. The summed E-state index contributed by atoms with van der Waals surface area (Å²) in [6.07, 6.45) is 3.58. The third-order valence-electron chi connectivity index (χ3n) is 3.08. The number of rotatable bonds is 2. The molecule has 2 rings (SSSR count). The molecule has 1 aromatic rings. The molecule has 0 saturated heterocycles. The molecule has 1 aliphatic rings. The van der Waals surface area contributed by atoms with Gasteiger partial charge in [0.2, 0.25) is 0 Å². The van der Waals surface area contributed by atoms with Gasteiger partial charge in [0.05, 0.1) is 10.0 Å².